The summed E-state index contributed by atoms with van der Waals surface area (Å²) in [5.74, 6) is 0.246. The second-order valence-corrected chi connectivity index (χ2v) is 4.92. The van der Waals surface area contributed by atoms with E-state index in [0.29, 0.717) is 12.4 Å². The number of carbonyl (C=O) groups is 1. The third-order valence-corrected chi connectivity index (χ3v) is 3.33. The smallest absolute Gasteiger partial charge is 0.244 e. The van der Waals surface area contributed by atoms with Gasteiger partial charge in [-0.15, -0.1) is 0 Å². The van der Waals surface area contributed by atoms with Crippen molar-refractivity contribution in [2.45, 2.75) is 19.0 Å². The lowest BCUT2D eigenvalue weighted by molar-refractivity contribution is -0.126. The SMILES string of the molecule is COc1ncccc1CNC(=O)C(C)(N)c1ccccc1. The number of nitrogens with zero attached hydrogens (tertiary/aromatic N) is 1. The zero-order chi connectivity index (χ0) is 15.3. The van der Waals surface area contributed by atoms with Crippen molar-refractivity contribution in [2.24, 2.45) is 5.73 Å². The van der Waals surface area contributed by atoms with E-state index in [-0.39, 0.29) is 5.91 Å². The van der Waals surface area contributed by atoms with Gasteiger partial charge in [0.05, 0.1) is 7.11 Å². The van der Waals surface area contributed by atoms with E-state index in [2.05, 4.69) is 10.3 Å². The molecule has 2 rings (SSSR count). The van der Waals surface area contributed by atoms with E-state index >= 15 is 0 Å². The van der Waals surface area contributed by atoms with Crippen molar-refractivity contribution in [1.82, 2.24) is 10.3 Å². The fraction of sp³-hybridized carbons (Fsp3) is 0.250. The van der Waals surface area contributed by atoms with E-state index in [0.717, 1.165) is 11.1 Å². The molecule has 0 bridgehead atoms. The van der Waals surface area contributed by atoms with Crippen LogP contribution in [0.1, 0.15) is 18.1 Å². The predicted octanol–water partition coefficient (Wildman–Crippen LogP) is 1.58. The van der Waals surface area contributed by atoms with E-state index in [4.69, 9.17) is 10.5 Å². The number of hydrogen-bond acceptors (Lipinski definition) is 4. The third kappa shape index (κ3) is 3.38. The normalized spacial score (nSPS) is 13.3. The molecule has 1 heterocycles. The molecule has 1 aromatic carbocycles. The van der Waals surface area contributed by atoms with Gasteiger partial charge < -0.3 is 15.8 Å². The average molecular weight is 285 g/mol. The first-order chi connectivity index (χ1) is 10.1. The number of nitrogens with two attached hydrogens (primary N) is 1. The lowest BCUT2D eigenvalue weighted by Crippen LogP contribution is -2.48. The summed E-state index contributed by atoms with van der Waals surface area (Å²) in [5.41, 5.74) is 6.64. The van der Waals surface area contributed by atoms with E-state index in [1.54, 1.807) is 26.3 Å². The Morgan fingerprint density at radius 2 is 2.00 bits per heavy atom. The van der Waals surface area contributed by atoms with Gasteiger partial charge in [-0.25, -0.2) is 4.98 Å². The highest BCUT2D eigenvalue weighted by atomic mass is 16.5. The van der Waals surface area contributed by atoms with Crippen LogP contribution in [0.4, 0.5) is 0 Å². The number of carbonyl (C=O) groups excluding carboxylic acids is 1. The molecule has 0 aliphatic carbocycles. The fourth-order valence-corrected chi connectivity index (χ4v) is 2.02. The van der Waals surface area contributed by atoms with Crippen LogP contribution < -0.4 is 15.8 Å². The van der Waals surface area contributed by atoms with Crippen LogP contribution in [-0.2, 0) is 16.9 Å². The Morgan fingerprint density at radius 3 is 2.67 bits per heavy atom. The second-order valence-electron chi connectivity index (χ2n) is 4.92. The van der Waals surface area contributed by atoms with Crippen molar-refractivity contribution in [1.29, 1.82) is 0 Å². The Balaban J connectivity index is 2.08. The molecule has 5 heteroatoms. The maximum Gasteiger partial charge on any atom is 0.244 e. The van der Waals surface area contributed by atoms with Crippen LogP contribution in [0.25, 0.3) is 0 Å². The minimum absolute atomic E-state index is 0.250. The Labute approximate surface area is 124 Å². The number of nitrogens with one attached hydrogen (secondary N) is 1. The number of rotatable bonds is 5. The first-order valence-electron chi connectivity index (χ1n) is 6.66. The average Bonchev–Trinajstić information content (AvgIpc) is 2.53. The summed E-state index contributed by atoms with van der Waals surface area (Å²) < 4.78 is 5.15. The lowest BCUT2D eigenvalue weighted by Gasteiger charge is -2.24. The summed E-state index contributed by atoms with van der Waals surface area (Å²) in [6.07, 6.45) is 1.64. The van der Waals surface area contributed by atoms with Crippen LogP contribution in [0, 0.1) is 0 Å². The van der Waals surface area contributed by atoms with Gasteiger partial charge in [-0.3, -0.25) is 4.79 Å². The lowest BCUT2D eigenvalue weighted by atomic mass is 9.92. The molecule has 0 aliphatic rings. The van der Waals surface area contributed by atoms with Crippen molar-refractivity contribution < 1.29 is 9.53 Å². The fourth-order valence-electron chi connectivity index (χ4n) is 2.02. The van der Waals surface area contributed by atoms with Crippen LogP contribution in [0.15, 0.2) is 48.7 Å². The van der Waals surface area contributed by atoms with Gasteiger partial charge in [-0.1, -0.05) is 36.4 Å². The minimum Gasteiger partial charge on any atom is -0.481 e. The van der Waals surface area contributed by atoms with E-state index in [1.165, 1.54) is 0 Å². The molecule has 0 aliphatic heterocycles. The van der Waals surface area contributed by atoms with Gasteiger partial charge in [0, 0.05) is 18.3 Å². The van der Waals surface area contributed by atoms with E-state index in [1.807, 2.05) is 36.4 Å². The zero-order valence-electron chi connectivity index (χ0n) is 12.2. The Hall–Kier alpha value is -2.40. The number of ether oxygens (including phenoxy) is 1. The second kappa shape index (κ2) is 6.37. The number of benzene rings is 1. The molecule has 2 aromatic rings. The summed E-state index contributed by atoms with van der Waals surface area (Å²) in [7, 11) is 1.55. The molecule has 1 amide bonds. The highest BCUT2D eigenvalue weighted by Crippen LogP contribution is 2.18. The maximum absolute atomic E-state index is 12.3. The summed E-state index contributed by atoms with van der Waals surface area (Å²) in [5, 5.41) is 2.83. The molecule has 1 unspecified atom stereocenters. The Bertz CT molecular complexity index is 612. The molecule has 0 fully saturated rings. The summed E-state index contributed by atoms with van der Waals surface area (Å²) in [6, 6.07) is 12.9. The first kappa shape index (κ1) is 15.0. The number of hydrogen-bond donors (Lipinski definition) is 2. The summed E-state index contributed by atoms with van der Waals surface area (Å²) in [4.78, 5) is 16.4. The van der Waals surface area contributed by atoms with E-state index < -0.39 is 5.54 Å². The number of methoxy groups -OCH3 is 1. The van der Waals surface area contributed by atoms with Gasteiger partial charge in [0.2, 0.25) is 11.8 Å². The molecule has 0 radical (unpaired) electrons. The van der Waals surface area contributed by atoms with Crippen molar-refractivity contribution >= 4 is 5.91 Å². The zero-order valence-corrected chi connectivity index (χ0v) is 12.2. The first-order valence-corrected chi connectivity index (χ1v) is 6.66. The number of amides is 1. The summed E-state index contributed by atoms with van der Waals surface area (Å²) in [6.45, 7) is 2.01. The molecule has 0 spiro atoms. The van der Waals surface area contributed by atoms with Crippen LogP contribution in [0.3, 0.4) is 0 Å². The van der Waals surface area contributed by atoms with Gasteiger partial charge >= 0.3 is 0 Å². The van der Waals surface area contributed by atoms with Crippen LogP contribution in [0.2, 0.25) is 0 Å². The minimum atomic E-state index is -1.09. The van der Waals surface area contributed by atoms with E-state index in [9.17, 15) is 4.79 Å². The monoisotopic (exact) mass is 285 g/mol. The Kier molecular flexibility index (Phi) is 4.55. The number of pyridine rings is 1. The summed E-state index contributed by atoms with van der Waals surface area (Å²) >= 11 is 0. The molecule has 0 saturated heterocycles. The van der Waals surface area contributed by atoms with Gasteiger partial charge in [0.25, 0.3) is 0 Å². The molecule has 21 heavy (non-hydrogen) atoms. The molecule has 1 aromatic heterocycles. The van der Waals surface area contributed by atoms with Crippen molar-refractivity contribution in [3.63, 3.8) is 0 Å². The van der Waals surface area contributed by atoms with Crippen LogP contribution >= 0.6 is 0 Å². The molecule has 1 atom stereocenters. The topological polar surface area (TPSA) is 77.2 Å². The number of aromatic nitrogens is 1. The largest absolute Gasteiger partial charge is 0.481 e. The molecule has 3 N–H and O–H groups in total. The molecule has 5 nitrogen and oxygen atoms in total. The molecule has 110 valence electrons. The Morgan fingerprint density at radius 1 is 1.29 bits per heavy atom. The van der Waals surface area contributed by atoms with Crippen molar-refractivity contribution in [2.75, 3.05) is 7.11 Å². The van der Waals surface area contributed by atoms with Gasteiger partial charge in [-0.05, 0) is 18.6 Å². The quantitative estimate of drug-likeness (QED) is 0.874. The highest BCUT2D eigenvalue weighted by molar-refractivity contribution is 5.86. The molecular weight excluding hydrogens is 266 g/mol. The van der Waals surface area contributed by atoms with Crippen molar-refractivity contribution in [3.05, 3.63) is 59.8 Å². The van der Waals surface area contributed by atoms with Gasteiger partial charge in [0.1, 0.15) is 5.54 Å². The predicted molar refractivity (Wildman–Crippen MR) is 80.6 cm³/mol. The molecular formula is C16H19N3O2. The third-order valence-electron chi connectivity index (χ3n) is 3.33. The van der Waals surface area contributed by atoms with Gasteiger partial charge in [0.15, 0.2) is 0 Å². The van der Waals surface area contributed by atoms with Crippen LogP contribution in [0.5, 0.6) is 5.88 Å². The standard InChI is InChI=1S/C16H19N3O2/c1-16(17,13-8-4-3-5-9-13)15(20)19-11-12-7-6-10-18-14(12)21-2/h3-10H,11,17H2,1-2H3,(H,19,20). The van der Waals surface area contributed by atoms with Crippen molar-refractivity contribution in [3.8, 4) is 5.88 Å². The molecule has 0 saturated carbocycles. The van der Waals surface area contributed by atoms with Crippen LogP contribution in [-0.4, -0.2) is 18.0 Å². The highest BCUT2D eigenvalue weighted by Gasteiger charge is 2.30. The van der Waals surface area contributed by atoms with Gasteiger partial charge in [-0.2, -0.15) is 0 Å². The maximum atomic E-state index is 12.3.